The van der Waals surface area contributed by atoms with Gasteiger partial charge < -0.3 is 0 Å². The molecule has 0 fully saturated rings. The minimum absolute atomic E-state index is 0.669. The molecule has 0 atom stereocenters. The Morgan fingerprint density at radius 3 is 1.67 bits per heavy atom. The molecule has 2 heteroatoms. The number of hydrogen-bond acceptors (Lipinski definition) is 2. The molecule has 0 heterocycles. The number of hydrogen-bond donors (Lipinski definition) is 0. The summed E-state index contributed by atoms with van der Waals surface area (Å²) in [4.78, 5) is 9.27. The molecule has 3 aromatic carbocycles. The Labute approximate surface area is 143 Å². The second-order valence-corrected chi connectivity index (χ2v) is 5.41. The van der Waals surface area contributed by atoms with Crippen LogP contribution in [0.2, 0.25) is 0 Å². The molecule has 0 spiro atoms. The predicted molar refractivity (Wildman–Crippen MR) is 102 cm³/mol. The fourth-order valence-corrected chi connectivity index (χ4v) is 2.47. The average Bonchev–Trinajstić information content (AvgIpc) is 2.67. The molecule has 0 bridgehead atoms. The van der Waals surface area contributed by atoms with Crippen LogP contribution in [0.25, 0.3) is 0 Å². The van der Waals surface area contributed by atoms with E-state index in [0.29, 0.717) is 13.1 Å². The fraction of sp³-hybridized carbons (Fsp3) is 0.0909. The summed E-state index contributed by atoms with van der Waals surface area (Å²) in [5, 5.41) is 0. The highest BCUT2D eigenvalue weighted by atomic mass is 14.8. The van der Waals surface area contributed by atoms with Gasteiger partial charge in [-0.25, -0.2) is 0 Å². The van der Waals surface area contributed by atoms with Crippen molar-refractivity contribution in [2.75, 3.05) is 13.1 Å². The summed E-state index contributed by atoms with van der Waals surface area (Å²) in [6.07, 6.45) is 1.90. The van der Waals surface area contributed by atoms with E-state index in [1.165, 1.54) is 0 Å². The Kier molecular flexibility index (Phi) is 5.68. The third-order valence-corrected chi connectivity index (χ3v) is 3.63. The molecule has 0 aliphatic carbocycles. The van der Waals surface area contributed by atoms with Gasteiger partial charge in [-0.05, 0) is 5.56 Å². The van der Waals surface area contributed by atoms with Crippen molar-refractivity contribution in [3.05, 3.63) is 108 Å². The summed E-state index contributed by atoms with van der Waals surface area (Å²) in [6.45, 7) is 1.35. The van der Waals surface area contributed by atoms with Crippen LogP contribution in [0.3, 0.4) is 0 Å². The summed E-state index contributed by atoms with van der Waals surface area (Å²) in [6, 6.07) is 30.7. The zero-order valence-corrected chi connectivity index (χ0v) is 13.5. The van der Waals surface area contributed by atoms with Crippen LogP contribution in [0, 0.1) is 0 Å². The van der Waals surface area contributed by atoms with Crippen LogP contribution in [0.4, 0.5) is 0 Å². The minimum Gasteiger partial charge on any atom is -0.291 e. The van der Waals surface area contributed by atoms with Gasteiger partial charge in [0.1, 0.15) is 0 Å². The lowest BCUT2D eigenvalue weighted by molar-refractivity contribution is 0.980. The molecule has 0 aliphatic heterocycles. The standard InChI is InChI=1S/C22H20N2/c1-4-10-19(11-5-1)18-23-16-17-24-22(20-12-6-2-7-13-20)21-14-8-3-9-15-21/h1-15,18H,16-17H2. The molecule has 0 aliphatic rings. The molecular weight excluding hydrogens is 292 g/mol. The molecule has 3 aromatic rings. The van der Waals surface area contributed by atoms with Crippen molar-refractivity contribution in [1.82, 2.24) is 0 Å². The fourth-order valence-electron chi connectivity index (χ4n) is 2.47. The maximum absolute atomic E-state index is 4.80. The summed E-state index contributed by atoms with van der Waals surface area (Å²) in [7, 11) is 0. The third-order valence-electron chi connectivity index (χ3n) is 3.63. The molecule has 3 rings (SSSR count). The lowest BCUT2D eigenvalue weighted by atomic mass is 10.0. The number of aliphatic imine (C=N–C) groups is 2. The van der Waals surface area contributed by atoms with E-state index in [9.17, 15) is 0 Å². The zero-order valence-electron chi connectivity index (χ0n) is 13.5. The van der Waals surface area contributed by atoms with Gasteiger partial charge in [0.25, 0.3) is 0 Å². The van der Waals surface area contributed by atoms with Crippen molar-refractivity contribution in [3.8, 4) is 0 Å². The minimum atomic E-state index is 0.669. The maximum atomic E-state index is 4.80. The molecule has 118 valence electrons. The van der Waals surface area contributed by atoms with Gasteiger partial charge in [0.05, 0.1) is 18.8 Å². The normalized spacial score (nSPS) is 10.7. The van der Waals surface area contributed by atoms with E-state index in [1.807, 2.05) is 72.9 Å². The smallest absolute Gasteiger partial charge is 0.0719 e. The summed E-state index contributed by atoms with van der Waals surface area (Å²) < 4.78 is 0. The molecule has 0 aromatic heterocycles. The Morgan fingerprint density at radius 1 is 0.625 bits per heavy atom. The molecule has 0 N–H and O–H groups in total. The molecular formula is C22H20N2. The lowest BCUT2D eigenvalue weighted by Gasteiger charge is -2.07. The van der Waals surface area contributed by atoms with Crippen LogP contribution in [0.5, 0.6) is 0 Å². The summed E-state index contributed by atoms with van der Waals surface area (Å²) in [5.74, 6) is 0. The Bertz CT molecular complexity index is 750. The molecule has 0 amide bonds. The summed E-state index contributed by atoms with van der Waals surface area (Å²) >= 11 is 0. The average molecular weight is 312 g/mol. The Hall–Kier alpha value is -3.00. The second-order valence-electron chi connectivity index (χ2n) is 5.41. The lowest BCUT2D eigenvalue weighted by Crippen LogP contribution is -2.05. The molecule has 24 heavy (non-hydrogen) atoms. The van der Waals surface area contributed by atoms with E-state index in [1.54, 1.807) is 0 Å². The zero-order chi connectivity index (χ0) is 16.5. The highest BCUT2D eigenvalue weighted by Crippen LogP contribution is 2.10. The van der Waals surface area contributed by atoms with E-state index in [2.05, 4.69) is 29.3 Å². The predicted octanol–water partition coefficient (Wildman–Crippen LogP) is 4.64. The number of rotatable bonds is 6. The van der Waals surface area contributed by atoms with Crippen molar-refractivity contribution in [3.63, 3.8) is 0 Å². The van der Waals surface area contributed by atoms with Gasteiger partial charge in [-0.15, -0.1) is 0 Å². The maximum Gasteiger partial charge on any atom is 0.0719 e. The van der Waals surface area contributed by atoms with Crippen molar-refractivity contribution in [2.45, 2.75) is 0 Å². The van der Waals surface area contributed by atoms with E-state index >= 15 is 0 Å². The SMILES string of the molecule is C(=NCCN=C(c1ccccc1)c1ccccc1)c1ccccc1. The molecule has 0 saturated heterocycles. The van der Waals surface area contributed by atoms with Crippen LogP contribution in [-0.4, -0.2) is 25.0 Å². The molecule has 2 nitrogen and oxygen atoms in total. The van der Waals surface area contributed by atoms with E-state index < -0.39 is 0 Å². The van der Waals surface area contributed by atoms with Crippen molar-refractivity contribution >= 4 is 11.9 Å². The van der Waals surface area contributed by atoms with Crippen molar-refractivity contribution in [1.29, 1.82) is 0 Å². The van der Waals surface area contributed by atoms with Crippen LogP contribution in [-0.2, 0) is 0 Å². The van der Waals surface area contributed by atoms with Gasteiger partial charge in [-0.2, -0.15) is 0 Å². The quantitative estimate of drug-likeness (QED) is 0.468. The first-order valence-electron chi connectivity index (χ1n) is 8.13. The van der Waals surface area contributed by atoms with Crippen LogP contribution in [0.1, 0.15) is 16.7 Å². The summed E-state index contributed by atoms with van der Waals surface area (Å²) in [5.41, 5.74) is 4.41. The van der Waals surface area contributed by atoms with Gasteiger partial charge in [-0.3, -0.25) is 9.98 Å². The third kappa shape index (κ3) is 4.50. The van der Waals surface area contributed by atoms with E-state index in [0.717, 1.165) is 22.4 Å². The number of nitrogens with zero attached hydrogens (tertiary/aromatic N) is 2. The van der Waals surface area contributed by atoms with Crippen LogP contribution in [0.15, 0.2) is 101 Å². The largest absolute Gasteiger partial charge is 0.291 e. The van der Waals surface area contributed by atoms with Gasteiger partial charge in [-0.1, -0.05) is 91.0 Å². The van der Waals surface area contributed by atoms with E-state index in [4.69, 9.17) is 4.99 Å². The monoisotopic (exact) mass is 312 g/mol. The second kappa shape index (κ2) is 8.59. The molecule has 0 unspecified atom stereocenters. The molecule has 0 radical (unpaired) electrons. The van der Waals surface area contributed by atoms with Crippen molar-refractivity contribution in [2.24, 2.45) is 9.98 Å². The van der Waals surface area contributed by atoms with Gasteiger partial charge in [0.15, 0.2) is 0 Å². The highest BCUT2D eigenvalue weighted by Gasteiger charge is 2.05. The molecule has 0 saturated carbocycles. The first kappa shape index (κ1) is 15.9. The highest BCUT2D eigenvalue weighted by molar-refractivity contribution is 6.12. The Balaban J connectivity index is 1.72. The van der Waals surface area contributed by atoms with Gasteiger partial charge >= 0.3 is 0 Å². The van der Waals surface area contributed by atoms with Crippen LogP contribution < -0.4 is 0 Å². The van der Waals surface area contributed by atoms with E-state index in [-0.39, 0.29) is 0 Å². The van der Waals surface area contributed by atoms with Gasteiger partial charge in [0, 0.05) is 17.3 Å². The van der Waals surface area contributed by atoms with Crippen molar-refractivity contribution < 1.29 is 0 Å². The van der Waals surface area contributed by atoms with Crippen LogP contribution >= 0.6 is 0 Å². The first-order chi connectivity index (χ1) is 11.9. The number of benzene rings is 3. The first-order valence-corrected chi connectivity index (χ1v) is 8.13. The Morgan fingerprint density at radius 2 is 1.12 bits per heavy atom. The topological polar surface area (TPSA) is 24.7 Å². The van der Waals surface area contributed by atoms with Gasteiger partial charge in [0.2, 0.25) is 0 Å².